The quantitative estimate of drug-likeness (QED) is 0.522. The van der Waals surface area contributed by atoms with Crippen LogP contribution < -0.4 is 4.90 Å². The third kappa shape index (κ3) is 3.89. The molecule has 0 aliphatic carbocycles. The van der Waals surface area contributed by atoms with E-state index in [1.54, 1.807) is 0 Å². The van der Waals surface area contributed by atoms with E-state index in [4.69, 9.17) is 0 Å². The molecule has 1 fully saturated rings. The molecule has 2 heterocycles. The molecule has 1 saturated heterocycles. The van der Waals surface area contributed by atoms with E-state index in [-0.39, 0.29) is 0 Å². The SMILES string of the molecule is CN1CCN(CCCCN2c3ccccc3Sc3c2ccc2ccccc32)CC1. The van der Waals surface area contributed by atoms with Gasteiger partial charge in [0, 0.05) is 42.5 Å². The van der Waals surface area contributed by atoms with Crippen LogP contribution in [0.3, 0.4) is 0 Å². The van der Waals surface area contributed by atoms with Gasteiger partial charge in [-0.25, -0.2) is 0 Å². The van der Waals surface area contributed by atoms with Gasteiger partial charge in [-0.3, -0.25) is 0 Å². The topological polar surface area (TPSA) is 9.72 Å². The molecule has 2 aliphatic heterocycles. The van der Waals surface area contributed by atoms with Gasteiger partial charge in [0.25, 0.3) is 0 Å². The molecule has 0 unspecified atom stereocenters. The Hall–Kier alpha value is -2.01. The van der Waals surface area contributed by atoms with Crippen molar-refractivity contribution in [1.29, 1.82) is 0 Å². The van der Waals surface area contributed by atoms with Gasteiger partial charge >= 0.3 is 0 Å². The first-order chi connectivity index (χ1) is 14.3. The van der Waals surface area contributed by atoms with Gasteiger partial charge in [0.2, 0.25) is 0 Å². The molecule has 5 rings (SSSR count). The average Bonchev–Trinajstić information content (AvgIpc) is 2.77. The minimum atomic E-state index is 1.08. The van der Waals surface area contributed by atoms with Crippen molar-refractivity contribution in [3.05, 3.63) is 60.7 Å². The molecule has 0 amide bonds. The lowest BCUT2D eigenvalue weighted by molar-refractivity contribution is 0.152. The van der Waals surface area contributed by atoms with Crippen molar-refractivity contribution in [2.75, 3.05) is 51.2 Å². The van der Waals surface area contributed by atoms with Crippen LogP contribution in [0.1, 0.15) is 12.8 Å². The van der Waals surface area contributed by atoms with Crippen LogP contribution in [0.2, 0.25) is 0 Å². The molecule has 0 N–H and O–H groups in total. The van der Waals surface area contributed by atoms with E-state index >= 15 is 0 Å². The molecular formula is C25H29N3S. The van der Waals surface area contributed by atoms with E-state index < -0.39 is 0 Å². The average molecular weight is 404 g/mol. The Labute approximate surface area is 178 Å². The summed E-state index contributed by atoms with van der Waals surface area (Å²) in [6.45, 7) is 7.15. The summed E-state index contributed by atoms with van der Waals surface area (Å²) < 4.78 is 0. The van der Waals surface area contributed by atoms with Crippen LogP contribution in [-0.2, 0) is 0 Å². The highest BCUT2D eigenvalue weighted by atomic mass is 32.2. The lowest BCUT2D eigenvalue weighted by atomic mass is 10.1. The number of hydrogen-bond donors (Lipinski definition) is 0. The first-order valence-electron chi connectivity index (χ1n) is 10.8. The molecule has 0 aromatic heterocycles. The molecule has 0 saturated carbocycles. The van der Waals surface area contributed by atoms with Gasteiger partial charge < -0.3 is 14.7 Å². The van der Waals surface area contributed by atoms with Crippen LogP contribution in [0.5, 0.6) is 0 Å². The van der Waals surface area contributed by atoms with Crippen molar-refractivity contribution in [2.24, 2.45) is 0 Å². The zero-order chi connectivity index (χ0) is 19.6. The Balaban J connectivity index is 1.35. The van der Waals surface area contributed by atoms with Crippen molar-refractivity contribution < 1.29 is 0 Å². The van der Waals surface area contributed by atoms with Gasteiger partial charge in [0.15, 0.2) is 0 Å². The largest absolute Gasteiger partial charge is 0.340 e. The van der Waals surface area contributed by atoms with Gasteiger partial charge in [-0.15, -0.1) is 0 Å². The number of likely N-dealkylation sites (N-methyl/N-ethyl adjacent to an activating group) is 1. The fraction of sp³-hybridized carbons (Fsp3) is 0.360. The molecular weight excluding hydrogens is 374 g/mol. The number of para-hydroxylation sites is 1. The van der Waals surface area contributed by atoms with Crippen LogP contribution in [0.15, 0.2) is 70.5 Å². The maximum absolute atomic E-state index is 2.63. The standard InChI is InChI=1S/C25H29N3S/c1-26-16-18-27(19-17-26)14-6-7-15-28-22-10-4-5-11-24(22)29-25-21-9-3-2-8-20(21)12-13-23(25)28/h2-5,8-13H,6-7,14-19H2,1H3. The second-order valence-electron chi connectivity index (χ2n) is 8.21. The van der Waals surface area contributed by atoms with E-state index in [1.165, 1.54) is 77.5 Å². The van der Waals surface area contributed by atoms with Crippen LogP contribution >= 0.6 is 11.8 Å². The highest BCUT2D eigenvalue weighted by Crippen LogP contribution is 2.50. The number of benzene rings is 3. The van der Waals surface area contributed by atoms with Crippen molar-refractivity contribution >= 4 is 33.9 Å². The number of piperazine rings is 1. The van der Waals surface area contributed by atoms with E-state index in [1.807, 2.05) is 11.8 Å². The molecule has 29 heavy (non-hydrogen) atoms. The number of nitrogens with zero attached hydrogens (tertiary/aromatic N) is 3. The van der Waals surface area contributed by atoms with Gasteiger partial charge in [0.05, 0.1) is 11.4 Å². The highest BCUT2D eigenvalue weighted by molar-refractivity contribution is 8.00. The van der Waals surface area contributed by atoms with Gasteiger partial charge in [-0.05, 0) is 55.4 Å². The summed E-state index contributed by atoms with van der Waals surface area (Å²) in [5.41, 5.74) is 2.73. The fourth-order valence-corrected chi connectivity index (χ4v) is 5.70. The third-order valence-electron chi connectivity index (χ3n) is 6.22. The smallest absolute Gasteiger partial charge is 0.0559 e. The zero-order valence-corrected chi connectivity index (χ0v) is 18.0. The predicted molar refractivity (Wildman–Crippen MR) is 125 cm³/mol. The van der Waals surface area contributed by atoms with Gasteiger partial charge in [0.1, 0.15) is 0 Å². The number of hydrogen-bond acceptors (Lipinski definition) is 4. The minimum absolute atomic E-state index is 1.08. The second kappa shape index (κ2) is 8.39. The first-order valence-corrected chi connectivity index (χ1v) is 11.6. The summed E-state index contributed by atoms with van der Waals surface area (Å²) in [5.74, 6) is 0. The van der Waals surface area contributed by atoms with Crippen LogP contribution in [0.4, 0.5) is 11.4 Å². The molecule has 150 valence electrons. The van der Waals surface area contributed by atoms with Crippen LogP contribution in [0, 0.1) is 0 Å². The lowest BCUT2D eigenvalue weighted by Crippen LogP contribution is -2.44. The molecule has 0 radical (unpaired) electrons. The Kier molecular flexibility index (Phi) is 5.49. The van der Waals surface area contributed by atoms with Crippen LogP contribution in [0.25, 0.3) is 10.8 Å². The van der Waals surface area contributed by atoms with E-state index in [0.29, 0.717) is 0 Å². The summed E-state index contributed by atoms with van der Waals surface area (Å²) >= 11 is 1.92. The summed E-state index contributed by atoms with van der Waals surface area (Å²) in [6, 6.07) is 22.2. The summed E-state index contributed by atoms with van der Waals surface area (Å²) in [4.78, 5) is 10.4. The molecule has 0 spiro atoms. The Morgan fingerprint density at radius 2 is 1.52 bits per heavy atom. The minimum Gasteiger partial charge on any atom is -0.340 e. The lowest BCUT2D eigenvalue weighted by Gasteiger charge is -2.34. The maximum Gasteiger partial charge on any atom is 0.0559 e. The predicted octanol–water partition coefficient (Wildman–Crippen LogP) is 5.47. The van der Waals surface area contributed by atoms with Crippen LogP contribution in [-0.4, -0.2) is 56.1 Å². The highest BCUT2D eigenvalue weighted by Gasteiger charge is 2.24. The maximum atomic E-state index is 2.63. The Bertz CT molecular complexity index is 994. The Morgan fingerprint density at radius 1 is 0.759 bits per heavy atom. The molecule has 0 bridgehead atoms. The second-order valence-corrected chi connectivity index (χ2v) is 9.26. The number of anilines is 2. The third-order valence-corrected chi connectivity index (χ3v) is 7.42. The fourth-order valence-electron chi connectivity index (χ4n) is 4.48. The van der Waals surface area contributed by atoms with Gasteiger partial charge in [-0.1, -0.05) is 54.2 Å². The Morgan fingerprint density at radius 3 is 2.41 bits per heavy atom. The van der Waals surface area contributed by atoms with Gasteiger partial charge in [-0.2, -0.15) is 0 Å². The molecule has 2 aliphatic rings. The van der Waals surface area contributed by atoms with Crippen molar-refractivity contribution in [3.63, 3.8) is 0 Å². The summed E-state index contributed by atoms with van der Waals surface area (Å²) in [7, 11) is 2.23. The zero-order valence-electron chi connectivity index (χ0n) is 17.2. The van der Waals surface area contributed by atoms with E-state index in [9.17, 15) is 0 Å². The monoisotopic (exact) mass is 403 g/mol. The van der Waals surface area contributed by atoms with E-state index in [2.05, 4.69) is 82.4 Å². The summed E-state index contributed by atoms with van der Waals surface area (Å²) in [5, 5.41) is 2.69. The van der Waals surface area contributed by atoms with Crippen molar-refractivity contribution in [3.8, 4) is 0 Å². The summed E-state index contributed by atoms with van der Waals surface area (Å²) in [6.07, 6.45) is 2.48. The van der Waals surface area contributed by atoms with E-state index in [0.717, 1.165) is 6.54 Å². The van der Waals surface area contributed by atoms with Crippen molar-refractivity contribution in [1.82, 2.24) is 9.80 Å². The normalized spacial score (nSPS) is 17.3. The number of unbranched alkanes of at least 4 members (excludes halogenated alkanes) is 1. The molecule has 4 heteroatoms. The molecule has 3 nitrogen and oxygen atoms in total. The number of rotatable bonds is 5. The first kappa shape index (κ1) is 19.0. The molecule has 3 aromatic carbocycles. The molecule has 0 atom stereocenters. The van der Waals surface area contributed by atoms with Crippen molar-refractivity contribution in [2.45, 2.75) is 22.6 Å². The number of fused-ring (bicyclic) bond motifs is 4. The molecule has 3 aromatic rings.